The van der Waals surface area contributed by atoms with Gasteiger partial charge in [0, 0.05) is 5.56 Å². The summed E-state index contributed by atoms with van der Waals surface area (Å²) >= 11 is 0. The van der Waals surface area contributed by atoms with Crippen molar-refractivity contribution in [3.63, 3.8) is 0 Å². The third-order valence-electron chi connectivity index (χ3n) is 4.44. The van der Waals surface area contributed by atoms with Crippen LogP contribution in [0.15, 0.2) is 35.2 Å². The summed E-state index contributed by atoms with van der Waals surface area (Å²) < 4.78 is 35.4. The zero-order valence-electron chi connectivity index (χ0n) is 14.3. The van der Waals surface area contributed by atoms with E-state index in [9.17, 15) is 18.1 Å². The Bertz CT molecular complexity index is 1220. The lowest BCUT2D eigenvalue weighted by atomic mass is 9.85. The van der Waals surface area contributed by atoms with Crippen LogP contribution in [0.5, 0.6) is 5.75 Å². The molecule has 2 aromatic heterocycles. The Morgan fingerprint density at radius 2 is 1.64 bits per heavy atom. The Morgan fingerprint density at radius 1 is 1.00 bits per heavy atom. The van der Waals surface area contributed by atoms with Crippen LogP contribution < -0.4 is 0 Å². The second-order valence-electron chi connectivity index (χ2n) is 7.42. The first-order chi connectivity index (χ1) is 11.5. The van der Waals surface area contributed by atoms with Gasteiger partial charge in [-0.3, -0.25) is 4.55 Å². The van der Waals surface area contributed by atoms with Gasteiger partial charge in [0.2, 0.25) is 0 Å². The first-order valence-corrected chi connectivity index (χ1v) is 9.30. The van der Waals surface area contributed by atoms with Crippen molar-refractivity contribution in [2.75, 3.05) is 0 Å². The van der Waals surface area contributed by atoms with E-state index < -0.39 is 10.1 Å². The maximum Gasteiger partial charge on any atom is 0.294 e. The Kier molecular flexibility index (Phi) is 2.94. The molecule has 0 amide bonds. The van der Waals surface area contributed by atoms with Gasteiger partial charge >= 0.3 is 0 Å². The monoisotopic (exact) mass is 361 g/mol. The molecule has 0 unspecified atom stereocenters. The van der Waals surface area contributed by atoms with Crippen LogP contribution in [-0.2, 0) is 15.5 Å². The van der Waals surface area contributed by atoms with Crippen LogP contribution in [0.25, 0.3) is 16.7 Å². The lowest BCUT2D eigenvalue weighted by Gasteiger charge is -2.21. The van der Waals surface area contributed by atoms with E-state index >= 15 is 0 Å². The van der Waals surface area contributed by atoms with Crippen molar-refractivity contribution in [2.45, 2.75) is 38.0 Å². The summed E-state index contributed by atoms with van der Waals surface area (Å²) in [6.07, 6.45) is 0. The average molecular weight is 361 g/mol. The number of rotatable bonds is 2. The number of fused-ring (bicyclic) bond motifs is 4. The molecule has 7 nitrogen and oxygen atoms in total. The van der Waals surface area contributed by atoms with Crippen LogP contribution in [0, 0.1) is 6.92 Å². The van der Waals surface area contributed by atoms with Crippen molar-refractivity contribution in [1.29, 1.82) is 0 Å². The fraction of sp³-hybridized carbons (Fsp3) is 0.294. The molecule has 2 aromatic carbocycles. The number of hydrogen-bond donors (Lipinski definition) is 2. The molecule has 0 atom stereocenters. The molecule has 0 bridgehead atoms. The van der Waals surface area contributed by atoms with E-state index in [2.05, 4.69) is 0 Å². The molecule has 25 heavy (non-hydrogen) atoms. The Hall–Kier alpha value is -2.45. The topological polar surface area (TPSA) is 88.4 Å². The highest BCUT2D eigenvalue weighted by atomic mass is 32.2. The Labute approximate surface area is 144 Å². The smallest absolute Gasteiger partial charge is 0.294 e. The first-order valence-electron chi connectivity index (χ1n) is 7.86. The molecule has 2 heterocycles. The van der Waals surface area contributed by atoms with Crippen LogP contribution in [0.4, 0.5) is 0 Å². The predicted octanol–water partition coefficient (Wildman–Crippen LogP) is 2.98. The van der Waals surface area contributed by atoms with Gasteiger partial charge in [0.15, 0.2) is 0 Å². The zero-order chi connectivity index (χ0) is 18.3. The number of aryl methyl sites for hydroxylation is 1. The van der Waals surface area contributed by atoms with Gasteiger partial charge in [0.25, 0.3) is 10.1 Å². The van der Waals surface area contributed by atoms with Gasteiger partial charge in [0.1, 0.15) is 22.5 Å². The van der Waals surface area contributed by atoms with Crippen molar-refractivity contribution in [3.8, 4) is 11.4 Å². The molecule has 0 spiro atoms. The van der Waals surface area contributed by atoms with Crippen LogP contribution in [-0.4, -0.2) is 32.1 Å². The van der Waals surface area contributed by atoms with Gasteiger partial charge < -0.3 is 5.11 Å². The fourth-order valence-electron chi connectivity index (χ4n) is 3.17. The standard InChI is InChI=1S/C17H19N3O4S/c1-10-7-12(17(2,3)4)16(21)15(8-10)20-18-13-6-5-11(25(22,23)24)9-14(13)19(18)20/h5-9,21H,1-4H3,(H,22,23,24). The molecule has 4 rings (SSSR count). The highest BCUT2D eigenvalue weighted by molar-refractivity contribution is 7.85. The average Bonchev–Trinajstić information content (AvgIpc) is 3.13. The molecule has 0 radical (unpaired) electrons. The number of aromatic nitrogens is 3. The molecule has 0 saturated carbocycles. The van der Waals surface area contributed by atoms with E-state index in [0.717, 1.165) is 16.6 Å². The third kappa shape index (κ3) is 2.25. The van der Waals surface area contributed by atoms with Gasteiger partial charge in [-0.2, -0.15) is 8.42 Å². The maximum absolute atomic E-state index is 11.3. The van der Waals surface area contributed by atoms with E-state index in [-0.39, 0.29) is 16.1 Å². The van der Waals surface area contributed by atoms with E-state index in [1.165, 1.54) is 12.1 Å². The van der Waals surface area contributed by atoms with Gasteiger partial charge in [-0.1, -0.05) is 26.8 Å². The zero-order valence-corrected chi connectivity index (χ0v) is 15.2. The summed E-state index contributed by atoms with van der Waals surface area (Å²) in [5.41, 5.74) is 3.76. The highest BCUT2D eigenvalue weighted by Crippen LogP contribution is 2.38. The molecule has 0 aliphatic carbocycles. The summed E-state index contributed by atoms with van der Waals surface area (Å²) in [7, 11) is -4.25. The molecule has 2 N–H and O–H groups in total. The SMILES string of the molecule is Cc1cc(-n2n3c4ccc(S(=O)(=O)O)cc4n23)c(O)c(C(C)(C)C)c1. The molecule has 4 aromatic rings. The fourth-order valence-corrected chi connectivity index (χ4v) is 3.67. The summed E-state index contributed by atoms with van der Waals surface area (Å²) in [5, 5.41) is 10.8. The van der Waals surface area contributed by atoms with Crippen molar-refractivity contribution in [2.24, 2.45) is 0 Å². The van der Waals surface area contributed by atoms with Crippen molar-refractivity contribution in [1.82, 2.24) is 14.1 Å². The summed E-state index contributed by atoms with van der Waals surface area (Å²) in [5.74, 6) is 0.202. The largest absolute Gasteiger partial charge is 0.505 e. The summed E-state index contributed by atoms with van der Waals surface area (Å²) in [4.78, 5) is 1.62. The van der Waals surface area contributed by atoms with Crippen LogP contribution in [0.2, 0.25) is 0 Å². The second-order valence-corrected chi connectivity index (χ2v) is 8.85. The van der Waals surface area contributed by atoms with Crippen LogP contribution >= 0.6 is 0 Å². The van der Waals surface area contributed by atoms with Gasteiger partial charge in [0.05, 0.1) is 4.90 Å². The molecule has 8 heteroatoms. The molecular formula is C17H19N3O4S. The molecule has 0 saturated heterocycles. The van der Waals surface area contributed by atoms with Crippen LogP contribution in [0.1, 0.15) is 31.9 Å². The number of phenols is 1. The quantitative estimate of drug-likeness (QED) is 0.537. The predicted molar refractivity (Wildman–Crippen MR) is 93.8 cm³/mol. The summed E-state index contributed by atoms with van der Waals surface area (Å²) in [6, 6.07) is 8.26. The molecule has 0 aliphatic rings. The first kappa shape index (κ1) is 16.0. The van der Waals surface area contributed by atoms with E-state index in [1.54, 1.807) is 15.5 Å². The Balaban J connectivity index is 1.92. The maximum atomic E-state index is 11.3. The van der Waals surface area contributed by atoms with Crippen molar-refractivity contribution in [3.05, 3.63) is 41.5 Å². The minimum absolute atomic E-state index is 0.151. The third-order valence-corrected chi connectivity index (χ3v) is 5.29. The normalized spacial score (nSPS) is 13.5. The molecule has 132 valence electrons. The van der Waals surface area contributed by atoms with Crippen LogP contribution in [0.3, 0.4) is 0 Å². The molecular weight excluding hydrogens is 342 g/mol. The second kappa shape index (κ2) is 4.59. The minimum atomic E-state index is -4.25. The minimum Gasteiger partial charge on any atom is -0.505 e. The van der Waals surface area contributed by atoms with Crippen molar-refractivity contribution < 1.29 is 18.1 Å². The van der Waals surface area contributed by atoms with E-state index in [1.807, 2.05) is 44.5 Å². The van der Waals surface area contributed by atoms with E-state index in [0.29, 0.717) is 11.2 Å². The van der Waals surface area contributed by atoms with E-state index in [4.69, 9.17) is 0 Å². The summed E-state index contributed by atoms with van der Waals surface area (Å²) in [6.45, 7) is 8.08. The lowest BCUT2D eigenvalue weighted by Crippen LogP contribution is -2.12. The number of nitrogens with zero attached hydrogens (tertiary/aromatic N) is 3. The number of hydrogen-bond acceptors (Lipinski definition) is 3. The molecule has 0 fully saturated rings. The van der Waals surface area contributed by atoms with Gasteiger partial charge in [-0.05, 0) is 42.2 Å². The number of phenolic OH excluding ortho intramolecular Hbond substituents is 1. The number of benzene rings is 2. The highest BCUT2D eigenvalue weighted by Gasteiger charge is 2.29. The Morgan fingerprint density at radius 3 is 2.24 bits per heavy atom. The van der Waals surface area contributed by atoms with Crippen molar-refractivity contribution >= 4 is 21.2 Å². The van der Waals surface area contributed by atoms with Gasteiger partial charge in [-0.25, -0.2) is 0 Å². The lowest BCUT2D eigenvalue weighted by molar-refractivity contribution is 0.443. The number of aromatic hydroxyl groups is 1. The molecule has 0 aliphatic heterocycles. The van der Waals surface area contributed by atoms with Gasteiger partial charge in [-0.15, -0.1) is 14.1 Å².